The summed E-state index contributed by atoms with van der Waals surface area (Å²) in [6.45, 7) is 4.25. The fourth-order valence-corrected chi connectivity index (χ4v) is 2.19. The van der Waals surface area contributed by atoms with Crippen molar-refractivity contribution in [3.05, 3.63) is 53.6 Å². The molecule has 1 amide bonds. The third kappa shape index (κ3) is 4.84. The summed E-state index contributed by atoms with van der Waals surface area (Å²) in [6, 6.07) is 12.5. The van der Waals surface area contributed by atoms with E-state index in [1.165, 1.54) is 0 Å². The van der Waals surface area contributed by atoms with Crippen LogP contribution in [0.15, 0.2) is 42.5 Å². The van der Waals surface area contributed by atoms with Gasteiger partial charge < -0.3 is 14.8 Å². The van der Waals surface area contributed by atoms with Crippen molar-refractivity contribution in [2.45, 2.75) is 20.3 Å². The van der Waals surface area contributed by atoms with Crippen LogP contribution in [0.5, 0.6) is 11.5 Å². The maximum Gasteiger partial charge on any atom is 0.262 e. The molecule has 0 aliphatic heterocycles. The van der Waals surface area contributed by atoms with Crippen LogP contribution in [0.25, 0.3) is 0 Å². The van der Waals surface area contributed by atoms with E-state index in [9.17, 15) is 9.59 Å². The van der Waals surface area contributed by atoms with E-state index in [0.717, 1.165) is 18.3 Å². The quantitative estimate of drug-likeness (QED) is 0.754. The van der Waals surface area contributed by atoms with Gasteiger partial charge >= 0.3 is 0 Å². The van der Waals surface area contributed by atoms with E-state index in [4.69, 9.17) is 9.47 Å². The molecule has 5 nitrogen and oxygen atoms in total. The van der Waals surface area contributed by atoms with Gasteiger partial charge in [0, 0.05) is 5.56 Å². The smallest absolute Gasteiger partial charge is 0.262 e. The van der Waals surface area contributed by atoms with E-state index in [-0.39, 0.29) is 12.5 Å². The van der Waals surface area contributed by atoms with Crippen molar-refractivity contribution >= 4 is 17.9 Å². The highest BCUT2D eigenvalue weighted by Crippen LogP contribution is 2.25. The number of rotatable bonds is 8. The van der Waals surface area contributed by atoms with Crippen LogP contribution in [0.2, 0.25) is 0 Å². The molecule has 0 aromatic heterocycles. The van der Waals surface area contributed by atoms with E-state index in [0.29, 0.717) is 29.4 Å². The Hall–Kier alpha value is -2.82. The summed E-state index contributed by atoms with van der Waals surface area (Å²) in [6.07, 6.45) is 1.62. The van der Waals surface area contributed by atoms with Crippen molar-refractivity contribution in [1.82, 2.24) is 0 Å². The molecule has 126 valence electrons. The predicted octanol–water partition coefficient (Wildman–Crippen LogP) is 3.48. The summed E-state index contributed by atoms with van der Waals surface area (Å²) in [7, 11) is 0. The Morgan fingerprint density at radius 2 is 1.96 bits per heavy atom. The SMILES string of the molecule is CCOc1ccc(C=O)cc1NC(=O)COc1cccc(CC)c1. The standard InChI is InChI=1S/C19H21NO4/c1-3-14-6-5-7-16(10-14)24-13-19(22)20-17-11-15(12-21)8-9-18(17)23-4-2/h5-12H,3-4,13H2,1-2H3,(H,20,22). The lowest BCUT2D eigenvalue weighted by atomic mass is 10.2. The predicted molar refractivity (Wildman–Crippen MR) is 92.9 cm³/mol. The van der Waals surface area contributed by atoms with Crippen LogP contribution in [-0.2, 0) is 11.2 Å². The minimum absolute atomic E-state index is 0.121. The second kappa shape index (κ2) is 8.72. The zero-order valence-electron chi connectivity index (χ0n) is 13.9. The number of hydrogen-bond acceptors (Lipinski definition) is 4. The summed E-state index contributed by atoms with van der Waals surface area (Å²) in [5.41, 5.74) is 2.06. The van der Waals surface area contributed by atoms with Crippen molar-refractivity contribution < 1.29 is 19.1 Å². The minimum atomic E-state index is -0.319. The molecule has 0 radical (unpaired) electrons. The van der Waals surface area contributed by atoms with E-state index < -0.39 is 0 Å². The van der Waals surface area contributed by atoms with Gasteiger partial charge in [-0.15, -0.1) is 0 Å². The molecule has 0 bridgehead atoms. The number of carbonyl (C=O) groups excluding carboxylic acids is 2. The number of aryl methyl sites for hydroxylation is 1. The van der Waals surface area contributed by atoms with Crippen molar-refractivity contribution in [3.8, 4) is 11.5 Å². The Labute approximate surface area is 141 Å². The molecule has 1 N–H and O–H groups in total. The van der Waals surface area contributed by atoms with Gasteiger partial charge in [-0.3, -0.25) is 9.59 Å². The van der Waals surface area contributed by atoms with Gasteiger partial charge in [0.1, 0.15) is 17.8 Å². The Kier molecular flexibility index (Phi) is 6.37. The molecule has 24 heavy (non-hydrogen) atoms. The average molecular weight is 327 g/mol. The number of hydrogen-bond donors (Lipinski definition) is 1. The van der Waals surface area contributed by atoms with Crippen LogP contribution >= 0.6 is 0 Å². The lowest BCUT2D eigenvalue weighted by Crippen LogP contribution is -2.20. The van der Waals surface area contributed by atoms with Crippen molar-refractivity contribution in [2.24, 2.45) is 0 Å². The molecule has 2 aromatic rings. The van der Waals surface area contributed by atoms with E-state index in [2.05, 4.69) is 12.2 Å². The van der Waals surface area contributed by atoms with E-state index >= 15 is 0 Å². The Morgan fingerprint density at radius 3 is 2.67 bits per heavy atom. The van der Waals surface area contributed by atoms with Crippen LogP contribution in [-0.4, -0.2) is 25.4 Å². The first-order valence-corrected chi connectivity index (χ1v) is 7.89. The van der Waals surface area contributed by atoms with Gasteiger partial charge in [-0.05, 0) is 49.2 Å². The molecule has 0 fully saturated rings. The number of anilines is 1. The highest BCUT2D eigenvalue weighted by atomic mass is 16.5. The fraction of sp³-hybridized carbons (Fsp3) is 0.263. The Bertz CT molecular complexity index is 712. The number of ether oxygens (including phenoxy) is 2. The number of amides is 1. The Morgan fingerprint density at radius 1 is 1.12 bits per heavy atom. The molecule has 0 aliphatic rings. The molecular formula is C19H21NO4. The van der Waals surface area contributed by atoms with Gasteiger partial charge in [0.05, 0.1) is 12.3 Å². The first-order chi connectivity index (χ1) is 11.7. The Balaban J connectivity index is 2.02. The van der Waals surface area contributed by atoms with Crippen molar-refractivity contribution in [3.63, 3.8) is 0 Å². The maximum atomic E-state index is 12.1. The van der Waals surface area contributed by atoms with Gasteiger partial charge in [-0.1, -0.05) is 19.1 Å². The van der Waals surface area contributed by atoms with E-state index in [1.54, 1.807) is 18.2 Å². The molecule has 2 rings (SSSR count). The zero-order chi connectivity index (χ0) is 17.4. The summed E-state index contributed by atoms with van der Waals surface area (Å²) < 4.78 is 11.0. The number of nitrogens with one attached hydrogen (secondary N) is 1. The average Bonchev–Trinajstić information content (AvgIpc) is 2.61. The second-order valence-electron chi connectivity index (χ2n) is 5.14. The highest BCUT2D eigenvalue weighted by molar-refractivity contribution is 5.94. The number of aldehydes is 1. The van der Waals surface area contributed by atoms with Crippen LogP contribution < -0.4 is 14.8 Å². The topological polar surface area (TPSA) is 64.6 Å². The summed E-state index contributed by atoms with van der Waals surface area (Å²) in [5.74, 6) is 0.849. The molecule has 0 atom stereocenters. The monoisotopic (exact) mass is 327 g/mol. The van der Waals surface area contributed by atoms with Crippen LogP contribution in [0, 0.1) is 0 Å². The number of benzene rings is 2. The molecule has 0 heterocycles. The molecule has 0 aliphatic carbocycles. The molecule has 0 unspecified atom stereocenters. The van der Waals surface area contributed by atoms with Crippen molar-refractivity contribution in [2.75, 3.05) is 18.5 Å². The van der Waals surface area contributed by atoms with Gasteiger partial charge in [0.2, 0.25) is 0 Å². The molecular weight excluding hydrogens is 306 g/mol. The summed E-state index contributed by atoms with van der Waals surface area (Å²) in [5, 5.41) is 2.72. The van der Waals surface area contributed by atoms with Crippen LogP contribution in [0.4, 0.5) is 5.69 Å². The molecule has 5 heteroatoms. The van der Waals surface area contributed by atoms with Gasteiger partial charge in [0.15, 0.2) is 6.61 Å². The fourth-order valence-electron chi connectivity index (χ4n) is 2.19. The summed E-state index contributed by atoms with van der Waals surface area (Å²) >= 11 is 0. The third-order valence-electron chi connectivity index (χ3n) is 3.39. The molecule has 0 saturated carbocycles. The lowest BCUT2D eigenvalue weighted by molar-refractivity contribution is -0.118. The molecule has 2 aromatic carbocycles. The zero-order valence-corrected chi connectivity index (χ0v) is 13.9. The first-order valence-electron chi connectivity index (χ1n) is 7.89. The second-order valence-corrected chi connectivity index (χ2v) is 5.14. The van der Waals surface area contributed by atoms with E-state index in [1.807, 2.05) is 31.2 Å². The van der Waals surface area contributed by atoms with Gasteiger partial charge in [0.25, 0.3) is 5.91 Å². The maximum absolute atomic E-state index is 12.1. The molecule has 0 spiro atoms. The first kappa shape index (κ1) is 17.5. The van der Waals surface area contributed by atoms with Crippen LogP contribution in [0.3, 0.4) is 0 Å². The normalized spacial score (nSPS) is 10.1. The van der Waals surface area contributed by atoms with Gasteiger partial charge in [-0.2, -0.15) is 0 Å². The van der Waals surface area contributed by atoms with Crippen molar-refractivity contribution in [1.29, 1.82) is 0 Å². The molecule has 0 saturated heterocycles. The lowest BCUT2D eigenvalue weighted by Gasteiger charge is -2.13. The van der Waals surface area contributed by atoms with Gasteiger partial charge in [-0.25, -0.2) is 0 Å². The third-order valence-corrected chi connectivity index (χ3v) is 3.39. The number of carbonyl (C=O) groups is 2. The minimum Gasteiger partial charge on any atom is -0.492 e. The highest BCUT2D eigenvalue weighted by Gasteiger charge is 2.10. The van der Waals surface area contributed by atoms with Crippen LogP contribution in [0.1, 0.15) is 29.8 Å². The summed E-state index contributed by atoms with van der Waals surface area (Å²) in [4.78, 5) is 23.0. The largest absolute Gasteiger partial charge is 0.492 e.